The van der Waals surface area contributed by atoms with Gasteiger partial charge in [-0.15, -0.1) is 0 Å². The van der Waals surface area contributed by atoms with Gasteiger partial charge in [-0.1, -0.05) is 36.4 Å². The lowest BCUT2D eigenvalue weighted by molar-refractivity contribution is -0.138. The van der Waals surface area contributed by atoms with Crippen molar-refractivity contribution in [3.8, 4) is 0 Å². The molecule has 2 N–H and O–H groups in total. The lowest BCUT2D eigenvalue weighted by Gasteiger charge is -2.32. The fraction of sp³-hybridized carbons (Fsp3) is 0.391. The minimum absolute atomic E-state index is 0.162. The Morgan fingerprint density at radius 1 is 1.21 bits per heavy atom. The van der Waals surface area contributed by atoms with Crippen molar-refractivity contribution in [2.45, 2.75) is 38.8 Å². The van der Waals surface area contributed by atoms with E-state index in [0.29, 0.717) is 30.5 Å². The highest BCUT2D eigenvalue weighted by Gasteiger charge is 2.35. The van der Waals surface area contributed by atoms with Crippen molar-refractivity contribution in [2.24, 2.45) is 0 Å². The van der Waals surface area contributed by atoms with E-state index >= 15 is 0 Å². The molecule has 0 saturated heterocycles. The van der Waals surface area contributed by atoms with Crippen LogP contribution in [-0.4, -0.2) is 42.6 Å². The number of benzene rings is 2. The molecule has 1 fully saturated rings. The summed E-state index contributed by atoms with van der Waals surface area (Å²) >= 11 is 0. The number of carbonyl (C=O) groups excluding carboxylic acids is 2. The van der Waals surface area contributed by atoms with E-state index in [0.717, 1.165) is 12.8 Å². The Balaban J connectivity index is 1.62. The van der Waals surface area contributed by atoms with E-state index in [-0.39, 0.29) is 24.6 Å². The molecule has 4 rings (SSSR count). The van der Waals surface area contributed by atoms with E-state index in [2.05, 4.69) is 58.9 Å². The largest absolute Gasteiger partial charge is 0.463 e. The zero-order valence-electron chi connectivity index (χ0n) is 16.9. The minimum Gasteiger partial charge on any atom is -0.463 e. The quantitative estimate of drug-likeness (QED) is 0.707. The molecular formula is C23H27N3O3. The number of esters is 1. The van der Waals surface area contributed by atoms with Gasteiger partial charge in [-0.05, 0) is 49.1 Å². The second kappa shape index (κ2) is 8.25. The SMILES string of the molecule is CCOC(=O)C1=C(CN(C2CC2)C(C)c2ccc3ccccc3c2)NC(=O)NC1. The van der Waals surface area contributed by atoms with Crippen LogP contribution in [-0.2, 0) is 9.53 Å². The first-order valence-corrected chi connectivity index (χ1v) is 10.2. The molecule has 0 radical (unpaired) electrons. The van der Waals surface area contributed by atoms with E-state index in [1.54, 1.807) is 6.92 Å². The first kappa shape index (κ1) is 19.5. The normalized spacial score (nSPS) is 17.8. The summed E-state index contributed by atoms with van der Waals surface area (Å²) in [6, 6.07) is 15.2. The Morgan fingerprint density at radius 2 is 1.97 bits per heavy atom. The second-order valence-corrected chi connectivity index (χ2v) is 7.67. The molecule has 1 heterocycles. The van der Waals surface area contributed by atoms with Crippen LogP contribution in [0.5, 0.6) is 0 Å². The Labute approximate surface area is 170 Å². The van der Waals surface area contributed by atoms with Crippen molar-refractivity contribution >= 4 is 22.8 Å². The van der Waals surface area contributed by atoms with Crippen LogP contribution < -0.4 is 10.6 Å². The molecule has 0 aromatic heterocycles. The highest BCUT2D eigenvalue weighted by molar-refractivity contribution is 5.93. The van der Waals surface area contributed by atoms with E-state index in [4.69, 9.17) is 4.74 Å². The number of rotatable bonds is 7. The van der Waals surface area contributed by atoms with Gasteiger partial charge < -0.3 is 15.4 Å². The standard InChI is InChI=1S/C23H27N3O3/c1-3-29-22(27)20-13-24-23(28)25-21(20)14-26(19-10-11-19)15(2)17-9-8-16-6-4-5-7-18(16)12-17/h4-9,12,15,19H,3,10-11,13-14H2,1-2H3,(H2,24,25,28). The van der Waals surface area contributed by atoms with Gasteiger partial charge in [-0.2, -0.15) is 0 Å². The molecule has 0 bridgehead atoms. The molecule has 2 amide bonds. The third-order valence-corrected chi connectivity index (χ3v) is 5.69. The average molecular weight is 393 g/mol. The molecule has 2 aliphatic rings. The fourth-order valence-corrected chi connectivity index (χ4v) is 3.91. The van der Waals surface area contributed by atoms with Gasteiger partial charge in [-0.3, -0.25) is 4.90 Å². The number of nitrogens with one attached hydrogen (secondary N) is 2. The van der Waals surface area contributed by atoms with Gasteiger partial charge in [0.05, 0.1) is 18.7 Å². The third-order valence-electron chi connectivity index (χ3n) is 5.69. The van der Waals surface area contributed by atoms with E-state index in [1.165, 1.54) is 16.3 Å². The molecule has 1 aliphatic carbocycles. The first-order valence-electron chi connectivity index (χ1n) is 10.2. The highest BCUT2D eigenvalue weighted by atomic mass is 16.5. The third kappa shape index (κ3) is 4.27. The molecule has 2 aromatic rings. The van der Waals surface area contributed by atoms with Crippen molar-refractivity contribution in [1.82, 2.24) is 15.5 Å². The van der Waals surface area contributed by atoms with E-state index in [9.17, 15) is 9.59 Å². The van der Waals surface area contributed by atoms with Gasteiger partial charge in [0.15, 0.2) is 0 Å². The molecule has 152 valence electrons. The van der Waals surface area contributed by atoms with Gasteiger partial charge >= 0.3 is 12.0 Å². The van der Waals surface area contributed by atoms with Gasteiger partial charge in [0.2, 0.25) is 0 Å². The Bertz CT molecular complexity index is 965. The molecule has 1 aliphatic heterocycles. The predicted octanol–water partition coefficient (Wildman–Crippen LogP) is 3.50. The summed E-state index contributed by atoms with van der Waals surface area (Å²) in [5.41, 5.74) is 2.38. The minimum atomic E-state index is -0.371. The van der Waals surface area contributed by atoms with Crippen LogP contribution >= 0.6 is 0 Å². The lowest BCUT2D eigenvalue weighted by Crippen LogP contribution is -2.47. The first-order chi connectivity index (χ1) is 14.1. The molecule has 6 nitrogen and oxygen atoms in total. The average Bonchev–Trinajstić information content (AvgIpc) is 3.56. The molecule has 1 saturated carbocycles. The van der Waals surface area contributed by atoms with Gasteiger partial charge in [-0.25, -0.2) is 9.59 Å². The second-order valence-electron chi connectivity index (χ2n) is 7.67. The molecule has 2 aromatic carbocycles. The number of hydrogen-bond donors (Lipinski definition) is 2. The van der Waals surface area contributed by atoms with Crippen molar-refractivity contribution in [2.75, 3.05) is 19.7 Å². The molecule has 6 heteroatoms. The van der Waals surface area contributed by atoms with Crippen LogP contribution in [0.15, 0.2) is 53.7 Å². The summed E-state index contributed by atoms with van der Waals surface area (Å²) in [6.45, 7) is 4.99. The van der Waals surface area contributed by atoms with Crippen LogP contribution in [0.3, 0.4) is 0 Å². The van der Waals surface area contributed by atoms with Crippen molar-refractivity contribution in [3.63, 3.8) is 0 Å². The molecule has 29 heavy (non-hydrogen) atoms. The molecule has 0 spiro atoms. The monoisotopic (exact) mass is 393 g/mol. The zero-order valence-corrected chi connectivity index (χ0v) is 16.9. The maximum atomic E-state index is 12.4. The highest BCUT2D eigenvalue weighted by Crippen LogP contribution is 2.36. The summed E-state index contributed by atoms with van der Waals surface area (Å²) in [7, 11) is 0. The molecule has 1 unspecified atom stereocenters. The number of hydrogen-bond acceptors (Lipinski definition) is 4. The Kier molecular flexibility index (Phi) is 5.53. The van der Waals surface area contributed by atoms with Crippen molar-refractivity contribution in [1.29, 1.82) is 0 Å². The van der Waals surface area contributed by atoms with Crippen molar-refractivity contribution in [3.05, 3.63) is 59.3 Å². The maximum Gasteiger partial charge on any atom is 0.337 e. The number of nitrogens with zero attached hydrogens (tertiary/aromatic N) is 1. The van der Waals surface area contributed by atoms with Crippen LogP contribution in [0.1, 0.15) is 38.3 Å². The smallest absolute Gasteiger partial charge is 0.337 e. The molecular weight excluding hydrogens is 366 g/mol. The number of fused-ring (bicyclic) bond motifs is 1. The van der Waals surface area contributed by atoms with E-state index in [1.807, 2.05) is 6.07 Å². The molecule has 1 atom stereocenters. The van der Waals surface area contributed by atoms with E-state index < -0.39 is 0 Å². The van der Waals surface area contributed by atoms with Crippen LogP contribution in [0.25, 0.3) is 10.8 Å². The topological polar surface area (TPSA) is 70.7 Å². The summed E-state index contributed by atoms with van der Waals surface area (Å²) in [5.74, 6) is -0.371. The van der Waals surface area contributed by atoms with Crippen LogP contribution in [0.4, 0.5) is 4.79 Å². The predicted molar refractivity (Wildman–Crippen MR) is 112 cm³/mol. The van der Waals surface area contributed by atoms with Gasteiger partial charge in [0, 0.05) is 24.3 Å². The maximum absolute atomic E-state index is 12.4. The Morgan fingerprint density at radius 3 is 2.69 bits per heavy atom. The summed E-state index contributed by atoms with van der Waals surface area (Å²) < 4.78 is 5.19. The van der Waals surface area contributed by atoms with Crippen molar-refractivity contribution < 1.29 is 14.3 Å². The number of ether oxygens (including phenoxy) is 1. The summed E-state index contributed by atoms with van der Waals surface area (Å²) in [6.07, 6.45) is 2.26. The lowest BCUT2D eigenvalue weighted by atomic mass is 10.0. The Hall–Kier alpha value is -2.86. The van der Waals surface area contributed by atoms with Gasteiger partial charge in [0.25, 0.3) is 0 Å². The number of urea groups is 1. The number of carbonyl (C=O) groups is 2. The summed E-state index contributed by atoms with van der Waals surface area (Å²) in [4.78, 5) is 26.7. The van der Waals surface area contributed by atoms with Crippen LogP contribution in [0.2, 0.25) is 0 Å². The zero-order chi connectivity index (χ0) is 20.4. The fourth-order valence-electron chi connectivity index (χ4n) is 3.91. The van der Waals surface area contributed by atoms with Gasteiger partial charge in [0.1, 0.15) is 0 Å². The van der Waals surface area contributed by atoms with Crippen LogP contribution in [0, 0.1) is 0 Å². The number of amides is 2. The summed E-state index contributed by atoms with van der Waals surface area (Å²) in [5, 5.41) is 7.95.